The second kappa shape index (κ2) is 6.62. The molecule has 0 radical (unpaired) electrons. The smallest absolute Gasteiger partial charge is 0.335 e. The molecular weight excluding hydrogens is 296 g/mol. The summed E-state index contributed by atoms with van der Waals surface area (Å²) in [6.45, 7) is 1.21. The Bertz CT molecular complexity index is 680. The number of hydrogen-bond acceptors (Lipinski definition) is 6. The van der Waals surface area contributed by atoms with Crippen LogP contribution in [0.25, 0.3) is 0 Å². The van der Waals surface area contributed by atoms with Crippen molar-refractivity contribution < 1.29 is 15.0 Å². The first-order valence-corrected chi connectivity index (χ1v) is 7.43. The molecule has 7 nitrogen and oxygen atoms in total. The molecule has 0 unspecified atom stereocenters. The number of anilines is 2. The zero-order valence-corrected chi connectivity index (χ0v) is 12.5. The third-order valence-electron chi connectivity index (χ3n) is 3.91. The van der Waals surface area contributed by atoms with Gasteiger partial charge in [-0.05, 0) is 30.7 Å². The molecule has 1 aliphatic rings. The summed E-state index contributed by atoms with van der Waals surface area (Å²) in [5, 5.41) is 22.4. The van der Waals surface area contributed by atoms with E-state index in [0.717, 1.165) is 5.69 Å². The predicted molar refractivity (Wildman–Crippen MR) is 85.7 cm³/mol. The molecule has 1 fully saturated rings. The van der Waals surface area contributed by atoms with Gasteiger partial charge >= 0.3 is 5.97 Å². The van der Waals surface area contributed by atoms with Crippen molar-refractivity contribution in [2.24, 2.45) is 0 Å². The van der Waals surface area contributed by atoms with E-state index in [4.69, 9.17) is 5.11 Å². The summed E-state index contributed by atoms with van der Waals surface area (Å²) >= 11 is 0. The highest BCUT2D eigenvalue weighted by Gasteiger charge is 2.28. The van der Waals surface area contributed by atoms with Gasteiger partial charge in [0, 0.05) is 31.2 Å². The number of rotatable bonds is 4. The zero-order chi connectivity index (χ0) is 16.2. The van der Waals surface area contributed by atoms with Gasteiger partial charge in [0.2, 0.25) is 5.95 Å². The van der Waals surface area contributed by atoms with E-state index in [1.807, 2.05) is 6.07 Å². The molecule has 2 atom stereocenters. The first kappa shape index (κ1) is 15.2. The highest BCUT2D eigenvalue weighted by molar-refractivity contribution is 5.88. The van der Waals surface area contributed by atoms with E-state index < -0.39 is 12.1 Å². The van der Waals surface area contributed by atoms with Crippen LogP contribution in [-0.2, 0) is 0 Å². The topological polar surface area (TPSA) is 98.6 Å². The number of benzene rings is 1. The van der Waals surface area contributed by atoms with Gasteiger partial charge in [0.15, 0.2) is 0 Å². The van der Waals surface area contributed by atoms with E-state index in [1.165, 1.54) is 0 Å². The molecule has 0 spiro atoms. The molecule has 23 heavy (non-hydrogen) atoms. The maximum absolute atomic E-state index is 11.1. The van der Waals surface area contributed by atoms with Crippen LogP contribution in [0.4, 0.5) is 11.6 Å². The van der Waals surface area contributed by atoms with E-state index in [1.54, 1.807) is 36.7 Å². The number of aromatic carboxylic acids is 1. The molecular formula is C16H18N4O3. The van der Waals surface area contributed by atoms with Crippen molar-refractivity contribution in [3.8, 4) is 0 Å². The standard InChI is InChI=1S/C16H18N4O3/c21-14-5-8-20(12-4-1-3-11(9-12)15(22)23)10-13(14)19-16-17-6-2-7-18-16/h1-4,6-7,9,13-14,21H,5,8,10H2,(H,22,23)(H,17,18,19)/t13-,14-/m1/s1. The number of aliphatic hydroxyl groups is 1. The van der Waals surface area contributed by atoms with Crippen LogP contribution in [0.3, 0.4) is 0 Å². The summed E-state index contributed by atoms with van der Waals surface area (Å²) in [6, 6.07) is 8.33. The van der Waals surface area contributed by atoms with E-state index in [-0.39, 0.29) is 11.6 Å². The van der Waals surface area contributed by atoms with Crippen molar-refractivity contribution in [2.75, 3.05) is 23.3 Å². The van der Waals surface area contributed by atoms with Gasteiger partial charge in [-0.1, -0.05) is 6.07 Å². The number of aliphatic hydroxyl groups excluding tert-OH is 1. The Labute approximate surface area is 133 Å². The van der Waals surface area contributed by atoms with Gasteiger partial charge in [0.05, 0.1) is 17.7 Å². The molecule has 7 heteroatoms. The second-order valence-corrected chi connectivity index (χ2v) is 5.48. The molecule has 0 aliphatic carbocycles. The summed E-state index contributed by atoms with van der Waals surface area (Å²) in [5.41, 5.74) is 1.09. The Morgan fingerprint density at radius 1 is 1.26 bits per heavy atom. The number of carboxylic acids is 1. The molecule has 1 aliphatic heterocycles. The van der Waals surface area contributed by atoms with Crippen LogP contribution >= 0.6 is 0 Å². The van der Waals surface area contributed by atoms with Crippen molar-refractivity contribution in [3.05, 3.63) is 48.3 Å². The highest BCUT2D eigenvalue weighted by atomic mass is 16.4. The Morgan fingerprint density at radius 2 is 2.04 bits per heavy atom. The summed E-state index contributed by atoms with van der Waals surface area (Å²) in [7, 11) is 0. The van der Waals surface area contributed by atoms with Crippen LogP contribution in [0, 0.1) is 0 Å². The number of carboxylic acid groups (broad SMARTS) is 1. The third kappa shape index (κ3) is 3.57. The number of nitrogens with one attached hydrogen (secondary N) is 1. The minimum Gasteiger partial charge on any atom is -0.478 e. The highest BCUT2D eigenvalue weighted by Crippen LogP contribution is 2.22. The number of piperidine rings is 1. The number of aromatic nitrogens is 2. The number of hydrogen-bond donors (Lipinski definition) is 3. The first-order chi connectivity index (χ1) is 11.1. The molecule has 3 N–H and O–H groups in total. The SMILES string of the molecule is O=C(O)c1cccc(N2CC[C@@H](O)[C@H](Nc3ncccn3)C2)c1. The van der Waals surface area contributed by atoms with E-state index in [0.29, 0.717) is 25.5 Å². The lowest BCUT2D eigenvalue weighted by Crippen LogP contribution is -2.50. The lowest BCUT2D eigenvalue weighted by atomic mass is 10.0. The average Bonchev–Trinajstić information content (AvgIpc) is 2.58. The lowest BCUT2D eigenvalue weighted by Gasteiger charge is -2.38. The first-order valence-electron chi connectivity index (χ1n) is 7.43. The van der Waals surface area contributed by atoms with Crippen LogP contribution in [0.2, 0.25) is 0 Å². The fourth-order valence-corrected chi connectivity index (χ4v) is 2.69. The summed E-state index contributed by atoms with van der Waals surface area (Å²) in [6.07, 6.45) is 3.36. The second-order valence-electron chi connectivity index (χ2n) is 5.48. The average molecular weight is 314 g/mol. The Hall–Kier alpha value is -2.67. The monoisotopic (exact) mass is 314 g/mol. The minimum atomic E-state index is -0.948. The van der Waals surface area contributed by atoms with Gasteiger partial charge in [-0.15, -0.1) is 0 Å². The van der Waals surface area contributed by atoms with Gasteiger partial charge in [0.25, 0.3) is 0 Å². The Kier molecular flexibility index (Phi) is 4.38. The van der Waals surface area contributed by atoms with Crippen LogP contribution in [0.1, 0.15) is 16.8 Å². The van der Waals surface area contributed by atoms with Crippen LogP contribution in [-0.4, -0.2) is 51.4 Å². The zero-order valence-electron chi connectivity index (χ0n) is 12.5. The van der Waals surface area contributed by atoms with Crippen molar-refractivity contribution in [2.45, 2.75) is 18.6 Å². The summed E-state index contributed by atoms with van der Waals surface area (Å²) in [5.74, 6) is -0.478. The molecule has 0 saturated carbocycles. The van der Waals surface area contributed by atoms with Gasteiger partial charge in [0.1, 0.15) is 0 Å². The largest absolute Gasteiger partial charge is 0.478 e. The van der Waals surface area contributed by atoms with E-state index in [2.05, 4.69) is 20.2 Å². The van der Waals surface area contributed by atoms with Crippen molar-refractivity contribution >= 4 is 17.6 Å². The fourth-order valence-electron chi connectivity index (χ4n) is 2.69. The lowest BCUT2D eigenvalue weighted by molar-refractivity contribution is 0.0697. The number of nitrogens with zero attached hydrogens (tertiary/aromatic N) is 3. The van der Waals surface area contributed by atoms with Crippen LogP contribution in [0.5, 0.6) is 0 Å². The molecule has 0 amide bonds. The molecule has 1 aromatic heterocycles. The summed E-state index contributed by atoms with van der Waals surface area (Å²) in [4.78, 5) is 21.4. The van der Waals surface area contributed by atoms with E-state index >= 15 is 0 Å². The van der Waals surface area contributed by atoms with Crippen molar-refractivity contribution in [1.82, 2.24) is 9.97 Å². The molecule has 2 heterocycles. The number of carbonyl (C=O) groups is 1. The van der Waals surface area contributed by atoms with Crippen molar-refractivity contribution in [1.29, 1.82) is 0 Å². The molecule has 1 aromatic carbocycles. The van der Waals surface area contributed by atoms with Gasteiger partial charge in [-0.3, -0.25) is 0 Å². The Morgan fingerprint density at radius 3 is 2.78 bits per heavy atom. The Balaban J connectivity index is 1.75. The van der Waals surface area contributed by atoms with Gasteiger partial charge in [-0.2, -0.15) is 0 Å². The van der Waals surface area contributed by atoms with Gasteiger partial charge < -0.3 is 20.4 Å². The summed E-state index contributed by atoms with van der Waals surface area (Å²) < 4.78 is 0. The van der Waals surface area contributed by atoms with Crippen molar-refractivity contribution in [3.63, 3.8) is 0 Å². The minimum absolute atomic E-state index is 0.223. The molecule has 120 valence electrons. The maximum Gasteiger partial charge on any atom is 0.335 e. The fraction of sp³-hybridized carbons (Fsp3) is 0.312. The molecule has 2 aromatic rings. The van der Waals surface area contributed by atoms with E-state index in [9.17, 15) is 9.90 Å². The van der Waals surface area contributed by atoms with Gasteiger partial charge in [-0.25, -0.2) is 14.8 Å². The normalized spacial score (nSPS) is 21.0. The molecule has 1 saturated heterocycles. The third-order valence-corrected chi connectivity index (χ3v) is 3.91. The maximum atomic E-state index is 11.1. The quantitative estimate of drug-likeness (QED) is 0.780. The van der Waals surface area contributed by atoms with Crippen LogP contribution in [0.15, 0.2) is 42.7 Å². The van der Waals surface area contributed by atoms with Crippen LogP contribution < -0.4 is 10.2 Å². The molecule has 0 bridgehead atoms. The predicted octanol–water partition coefficient (Wildman–Crippen LogP) is 1.23. The molecule has 3 rings (SSSR count).